The van der Waals surface area contributed by atoms with Crippen LogP contribution in [0.3, 0.4) is 0 Å². The summed E-state index contributed by atoms with van der Waals surface area (Å²) in [5.41, 5.74) is 0. The second-order valence-corrected chi connectivity index (χ2v) is 4.08. The lowest BCUT2D eigenvalue weighted by molar-refractivity contribution is -0.141. The van der Waals surface area contributed by atoms with Gasteiger partial charge in [-0.05, 0) is 0 Å². The lowest BCUT2D eigenvalue weighted by atomic mass is 10.5. The fourth-order valence-electron chi connectivity index (χ4n) is 0.820. The minimum atomic E-state index is -1.55. The minimum Gasteiger partial charge on any atom is -0.480 e. The topological polar surface area (TPSA) is 94.9 Å². The third kappa shape index (κ3) is 7.36. The average molecular weight is 208 g/mol. The molecule has 0 aliphatic carbocycles. The van der Waals surface area contributed by atoms with Crippen LogP contribution in [0.1, 0.15) is 0 Å². The summed E-state index contributed by atoms with van der Waals surface area (Å²) in [7, 11) is -1.55. The van der Waals surface area contributed by atoms with Gasteiger partial charge in [-0.3, -0.25) is 9.59 Å². The van der Waals surface area contributed by atoms with Crippen LogP contribution in [0.2, 0.25) is 0 Å². The zero-order chi connectivity index (χ0) is 10.4. The van der Waals surface area contributed by atoms with E-state index in [-0.39, 0.29) is 6.29 Å². The Kier molecular flexibility index (Phi) is 5.18. The summed E-state index contributed by atoms with van der Waals surface area (Å²) in [6.45, 7) is 0.620. The van der Waals surface area contributed by atoms with Crippen LogP contribution in [0, 0.1) is 0 Å². The number of carbonyl (C=O) groups is 2. The summed E-state index contributed by atoms with van der Waals surface area (Å²) in [6, 6.07) is 0. The van der Waals surface area contributed by atoms with Crippen molar-refractivity contribution in [2.45, 2.75) is 0 Å². The molecule has 0 aromatic carbocycles. The number of nitrogens with zero attached hydrogens (tertiary/aromatic N) is 1. The molecule has 0 spiro atoms. The number of carboxylic acid groups (broad SMARTS) is 2. The normalized spacial score (nSPS) is 11.4. The van der Waals surface area contributed by atoms with Crippen LogP contribution in [0.25, 0.3) is 0 Å². The third-order valence-corrected chi connectivity index (χ3v) is 1.92. The molecule has 0 saturated carbocycles. The SMILES string of the molecule is C[P+](=O)CN(CC(=O)O)CC(=O)O. The largest absolute Gasteiger partial charge is 0.480 e. The fourth-order valence-corrected chi connectivity index (χ4v) is 1.58. The van der Waals surface area contributed by atoms with Gasteiger partial charge >= 0.3 is 19.7 Å². The van der Waals surface area contributed by atoms with Gasteiger partial charge in [-0.25, -0.2) is 4.90 Å². The van der Waals surface area contributed by atoms with E-state index in [4.69, 9.17) is 10.2 Å². The van der Waals surface area contributed by atoms with Crippen LogP contribution in [-0.4, -0.2) is 53.1 Å². The second kappa shape index (κ2) is 5.61. The Labute approximate surface area is 75.9 Å². The Morgan fingerprint density at radius 2 is 1.62 bits per heavy atom. The Morgan fingerprint density at radius 1 is 1.23 bits per heavy atom. The number of carboxylic acids is 2. The van der Waals surface area contributed by atoms with Crippen LogP contribution in [0.5, 0.6) is 0 Å². The molecule has 1 atom stereocenters. The summed E-state index contributed by atoms with van der Waals surface area (Å²) in [6.07, 6.45) is -0.00602. The second-order valence-electron chi connectivity index (χ2n) is 2.54. The van der Waals surface area contributed by atoms with Gasteiger partial charge in [0.15, 0.2) is 6.29 Å². The van der Waals surface area contributed by atoms with Crippen LogP contribution in [0.4, 0.5) is 0 Å². The molecule has 2 N–H and O–H groups in total. The van der Waals surface area contributed by atoms with Gasteiger partial charge in [-0.2, -0.15) is 0 Å². The van der Waals surface area contributed by atoms with E-state index in [1.54, 1.807) is 0 Å². The predicted octanol–water partition coefficient (Wildman–Crippen LogP) is -0.128. The molecule has 13 heavy (non-hydrogen) atoms. The molecule has 0 amide bonds. The van der Waals surface area contributed by atoms with Crippen molar-refractivity contribution in [1.29, 1.82) is 0 Å². The summed E-state index contributed by atoms with van der Waals surface area (Å²) in [5.74, 6) is -2.25. The Hall–Kier alpha value is -1.00. The molecule has 0 rings (SSSR count). The average Bonchev–Trinajstić information content (AvgIpc) is 1.80. The summed E-state index contributed by atoms with van der Waals surface area (Å²) in [5, 5.41) is 16.8. The first-order chi connectivity index (χ1) is 5.91. The lowest BCUT2D eigenvalue weighted by Crippen LogP contribution is -2.34. The van der Waals surface area contributed by atoms with Crippen molar-refractivity contribution in [3.63, 3.8) is 0 Å². The first-order valence-corrected chi connectivity index (χ1v) is 5.35. The van der Waals surface area contributed by atoms with E-state index >= 15 is 0 Å². The van der Waals surface area contributed by atoms with Crippen LogP contribution >= 0.6 is 7.80 Å². The van der Waals surface area contributed by atoms with Crippen molar-refractivity contribution in [1.82, 2.24) is 4.90 Å². The van der Waals surface area contributed by atoms with E-state index in [0.717, 1.165) is 4.90 Å². The molecule has 1 unspecified atom stereocenters. The highest BCUT2D eigenvalue weighted by Gasteiger charge is 2.20. The highest BCUT2D eigenvalue weighted by atomic mass is 31.1. The van der Waals surface area contributed by atoms with Gasteiger partial charge < -0.3 is 10.2 Å². The zero-order valence-corrected chi connectivity index (χ0v) is 8.03. The molecule has 0 aliphatic rings. The molecule has 74 valence electrons. The predicted molar refractivity (Wildman–Crippen MR) is 45.2 cm³/mol. The van der Waals surface area contributed by atoms with Gasteiger partial charge in [-0.15, -0.1) is 0 Å². The van der Waals surface area contributed by atoms with Gasteiger partial charge in [0.25, 0.3) is 0 Å². The highest BCUT2D eigenvalue weighted by Crippen LogP contribution is 2.14. The molecule has 0 aromatic heterocycles. The van der Waals surface area contributed by atoms with Crippen LogP contribution in [0.15, 0.2) is 0 Å². The van der Waals surface area contributed by atoms with Gasteiger partial charge in [0, 0.05) is 0 Å². The van der Waals surface area contributed by atoms with Crippen molar-refractivity contribution in [2.24, 2.45) is 0 Å². The molecule has 0 saturated heterocycles. The molecule has 0 fully saturated rings. The van der Waals surface area contributed by atoms with Gasteiger partial charge in [0.05, 0.1) is 0 Å². The molecule has 0 radical (unpaired) electrons. The number of aliphatic carboxylic acids is 2. The maximum atomic E-state index is 10.7. The first kappa shape index (κ1) is 12.0. The van der Waals surface area contributed by atoms with Crippen LogP contribution in [-0.2, 0) is 14.2 Å². The molecule has 0 bridgehead atoms. The van der Waals surface area contributed by atoms with Gasteiger partial charge in [0.2, 0.25) is 0 Å². The number of rotatable bonds is 6. The smallest absolute Gasteiger partial charge is 0.351 e. The minimum absolute atomic E-state index is 0.00602. The monoisotopic (exact) mass is 208 g/mol. The fraction of sp³-hybridized carbons (Fsp3) is 0.667. The van der Waals surface area contributed by atoms with Crippen molar-refractivity contribution >= 4 is 19.7 Å². The summed E-state index contributed by atoms with van der Waals surface area (Å²) in [4.78, 5) is 21.6. The van der Waals surface area contributed by atoms with Gasteiger partial charge in [0.1, 0.15) is 19.8 Å². The molecule has 0 aliphatic heterocycles. The Balaban J connectivity index is 4.10. The molecular weight excluding hydrogens is 197 g/mol. The summed E-state index contributed by atoms with van der Waals surface area (Å²) >= 11 is 0. The highest BCUT2D eigenvalue weighted by molar-refractivity contribution is 7.43. The quantitative estimate of drug-likeness (QED) is 0.590. The Morgan fingerprint density at radius 3 is 1.85 bits per heavy atom. The van der Waals surface area contributed by atoms with Crippen molar-refractivity contribution < 1.29 is 24.4 Å². The van der Waals surface area contributed by atoms with E-state index in [2.05, 4.69) is 0 Å². The number of hydrogen-bond donors (Lipinski definition) is 2. The van der Waals surface area contributed by atoms with E-state index in [9.17, 15) is 14.2 Å². The van der Waals surface area contributed by atoms with Crippen LogP contribution < -0.4 is 0 Å². The molecule has 6 nitrogen and oxygen atoms in total. The summed E-state index contributed by atoms with van der Waals surface area (Å²) < 4.78 is 10.7. The molecular formula is C6H11NO5P+. The van der Waals surface area contributed by atoms with E-state index in [0.29, 0.717) is 0 Å². The molecule has 0 heterocycles. The van der Waals surface area contributed by atoms with Crippen molar-refractivity contribution in [2.75, 3.05) is 26.0 Å². The van der Waals surface area contributed by atoms with E-state index < -0.39 is 32.8 Å². The van der Waals surface area contributed by atoms with Crippen molar-refractivity contribution in [3.05, 3.63) is 0 Å². The van der Waals surface area contributed by atoms with E-state index in [1.807, 2.05) is 0 Å². The number of hydrogen-bond acceptors (Lipinski definition) is 4. The maximum absolute atomic E-state index is 10.7. The molecule has 0 aromatic rings. The zero-order valence-electron chi connectivity index (χ0n) is 7.13. The Bertz CT molecular complexity index is 191. The van der Waals surface area contributed by atoms with Crippen molar-refractivity contribution in [3.8, 4) is 0 Å². The van der Waals surface area contributed by atoms with E-state index in [1.165, 1.54) is 6.66 Å². The molecule has 7 heteroatoms. The lowest BCUT2D eigenvalue weighted by Gasteiger charge is -2.10. The first-order valence-electron chi connectivity index (χ1n) is 3.46. The maximum Gasteiger partial charge on any atom is 0.351 e. The van der Waals surface area contributed by atoms with Gasteiger partial charge in [-0.1, -0.05) is 4.57 Å². The third-order valence-electron chi connectivity index (χ3n) is 1.12. The standard InChI is InChI=1S/C6H10NO5P/c1-13(12)4-7(2-5(8)9)3-6(10)11/h2-4H2,1H3,(H-,8,9,10,11)/p+1.